The number of hydrogen-bond donors (Lipinski definition) is 2. The normalized spacial score (nSPS) is 8.62. The standard InChI is InChI=1S/C4H10N3O/c1-8-3-2-7-4(5)6/h2-3H2,1H3,(H3,5,6). The molecule has 0 spiro atoms. The predicted molar refractivity (Wildman–Crippen MR) is 30.8 cm³/mol. The zero-order valence-electron chi connectivity index (χ0n) is 4.85. The highest BCUT2D eigenvalue weighted by atomic mass is 16.5. The second kappa shape index (κ2) is 4.39. The van der Waals surface area contributed by atoms with Gasteiger partial charge in [-0.15, -0.1) is 0 Å². The molecule has 0 atom stereocenters. The Bertz CT molecular complexity index is 73.7. The number of ether oxygens (including phenoxy) is 1. The molecule has 8 heavy (non-hydrogen) atoms. The lowest BCUT2D eigenvalue weighted by Crippen LogP contribution is -2.26. The summed E-state index contributed by atoms with van der Waals surface area (Å²) in [6.45, 7) is 1.01. The second-order valence-electron chi connectivity index (χ2n) is 1.26. The van der Waals surface area contributed by atoms with E-state index in [-0.39, 0.29) is 5.96 Å². The quantitative estimate of drug-likeness (QED) is 0.286. The molecular weight excluding hydrogens is 106 g/mol. The van der Waals surface area contributed by atoms with Crippen LogP contribution in [0.15, 0.2) is 0 Å². The van der Waals surface area contributed by atoms with Crippen LogP contribution in [-0.2, 0) is 4.74 Å². The Morgan fingerprint density at radius 2 is 2.50 bits per heavy atom. The Hall–Kier alpha value is -0.770. The number of guanidine groups is 1. The van der Waals surface area contributed by atoms with E-state index in [4.69, 9.17) is 11.1 Å². The lowest BCUT2D eigenvalue weighted by molar-refractivity contribution is 0.203. The number of rotatable bonds is 3. The first-order chi connectivity index (χ1) is 3.77. The molecular formula is C4H10N3O. The van der Waals surface area contributed by atoms with Gasteiger partial charge in [-0.05, 0) is 0 Å². The van der Waals surface area contributed by atoms with Crippen molar-refractivity contribution in [2.75, 3.05) is 20.3 Å². The van der Waals surface area contributed by atoms with Gasteiger partial charge in [-0.1, -0.05) is 0 Å². The highest BCUT2D eigenvalue weighted by molar-refractivity contribution is 5.73. The van der Waals surface area contributed by atoms with Gasteiger partial charge in [-0.2, -0.15) is 0 Å². The first kappa shape index (κ1) is 7.23. The fourth-order valence-electron chi connectivity index (χ4n) is 0.257. The highest BCUT2D eigenvalue weighted by Gasteiger charge is 1.86. The van der Waals surface area contributed by atoms with Crippen LogP contribution in [0.2, 0.25) is 0 Å². The number of nitrogens with two attached hydrogens (primary N) is 1. The molecule has 0 aliphatic carbocycles. The van der Waals surface area contributed by atoms with Crippen LogP contribution >= 0.6 is 0 Å². The monoisotopic (exact) mass is 116 g/mol. The minimum absolute atomic E-state index is 0.137. The molecule has 4 heteroatoms. The molecule has 0 aliphatic rings. The summed E-state index contributed by atoms with van der Waals surface area (Å²) < 4.78 is 4.65. The van der Waals surface area contributed by atoms with Gasteiger partial charge in [0.15, 0.2) is 0 Å². The van der Waals surface area contributed by atoms with Gasteiger partial charge < -0.3 is 10.5 Å². The number of methoxy groups -OCH3 is 1. The average molecular weight is 116 g/mol. The molecule has 4 nitrogen and oxygen atoms in total. The van der Waals surface area contributed by atoms with Gasteiger partial charge in [-0.3, -0.25) is 5.41 Å². The van der Waals surface area contributed by atoms with Crippen molar-refractivity contribution in [2.45, 2.75) is 0 Å². The molecule has 0 saturated carbocycles. The van der Waals surface area contributed by atoms with Gasteiger partial charge in [0.1, 0.15) is 0 Å². The Labute approximate surface area is 48.5 Å². The summed E-state index contributed by atoms with van der Waals surface area (Å²) in [6, 6.07) is 0. The van der Waals surface area contributed by atoms with Crippen LogP contribution in [0.5, 0.6) is 0 Å². The molecule has 0 amide bonds. The Balaban J connectivity index is 2.82. The molecule has 0 aliphatic heterocycles. The third-order valence-electron chi connectivity index (χ3n) is 0.578. The molecule has 0 heterocycles. The average Bonchev–Trinajstić information content (AvgIpc) is 1.66. The summed E-state index contributed by atoms with van der Waals surface area (Å²) in [5.74, 6) is -0.137. The van der Waals surface area contributed by atoms with E-state index in [1.165, 1.54) is 0 Å². The van der Waals surface area contributed by atoms with E-state index in [0.29, 0.717) is 13.2 Å². The minimum Gasteiger partial charge on any atom is -0.383 e. The van der Waals surface area contributed by atoms with Crippen LogP contribution in [0.25, 0.3) is 0 Å². The SMILES string of the molecule is COCC[N]C(=N)N. The van der Waals surface area contributed by atoms with E-state index in [9.17, 15) is 0 Å². The second-order valence-corrected chi connectivity index (χ2v) is 1.26. The maximum Gasteiger partial charge on any atom is 0.207 e. The molecule has 0 aromatic rings. The predicted octanol–water partition coefficient (Wildman–Crippen LogP) is -0.869. The van der Waals surface area contributed by atoms with Crippen molar-refractivity contribution >= 4 is 5.96 Å². The van der Waals surface area contributed by atoms with Gasteiger partial charge in [0, 0.05) is 7.11 Å². The third-order valence-corrected chi connectivity index (χ3v) is 0.578. The fraction of sp³-hybridized carbons (Fsp3) is 0.750. The van der Waals surface area contributed by atoms with E-state index < -0.39 is 0 Å². The Kier molecular flexibility index (Phi) is 3.97. The summed E-state index contributed by atoms with van der Waals surface area (Å²) in [5.41, 5.74) is 4.89. The van der Waals surface area contributed by atoms with Crippen molar-refractivity contribution in [3.05, 3.63) is 0 Å². The van der Waals surface area contributed by atoms with Crippen LogP contribution < -0.4 is 11.1 Å². The van der Waals surface area contributed by atoms with Crippen LogP contribution in [-0.4, -0.2) is 26.2 Å². The highest BCUT2D eigenvalue weighted by Crippen LogP contribution is 1.63. The van der Waals surface area contributed by atoms with Crippen molar-refractivity contribution in [2.24, 2.45) is 5.73 Å². The smallest absolute Gasteiger partial charge is 0.207 e. The van der Waals surface area contributed by atoms with Crippen molar-refractivity contribution < 1.29 is 4.74 Å². The van der Waals surface area contributed by atoms with Gasteiger partial charge in [0.05, 0.1) is 13.2 Å². The lowest BCUT2D eigenvalue weighted by Gasteiger charge is -1.96. The first-order valence-corrected chi connectivity index (χ1v) is 2.28. The van der Waals surface area contributed by atoms with Crippen LogP contribution in [0.4, 0.5) is 0 Å². The molecule has 0 saturated heterocycles. The minimum atomic E-state index is -0.137. The van der Waals surface area contributed by atoms with Gasteiger partial charge >= 0.3 is 0 Å². The summed E-state index contributed by atoms with van der Waals surface area (Å²) in [4.78, 5) is 0. The molecule has 0 aromatic heterocycles. The topological polar surface area (TPSA) is 73.2 Å². The lowest BCUT2D eigenvalue weighted by atomic mass is 10.7. The van der Waals surface area contributed by atoms with Crippen molar-refractivity contribution in [3.8, 4) is 0 Å². The zero-order chi connectivity index (χ0) is 6.41. The maximum atomic E-state index is 6.63. The maximum absolute atomic E-state index is 6.63. The van der Waals surface area contributed by atoms with Crippen molar-refractivity contribution in [1.29, 1.82) is 5.41 Å². The van der Waals surface area contributed by atoms with Gasteiger partial charge in [-0.25, -0.2) is 5.32 Å². The summed E-state index contributed by atoms with van der Waals surface area (Å²) in [6.07, 6.45) is 0. The summed E-state index contributed by atoms with van der Waals surface area (Å²) in [7, 11) is 1.58. The largest absolute Gasteiger partial charge is 0.383 e. The Morgan fingerprint density at radius 3 is 2.88 bits per heavy atom. The molecule has 1 radical (unpaired) electrons. The first-order valence-electron chi connectivity index (χ1n) is 2.28. The van der Waals surface area contributed by atoms with Crippen LogP contribution in [0, 0.1) is 5.41 Å². The van der Waals surface area contributed by atoms with Crippen LogP contribution in [0.3, 0.4) is 0 Å². The molecule has 0 unspecified atom stereocenters. The van der Waals surface area contributed by atoms with E-state index in [0.717, 1.165) is 0 Å². The molecule has 0 fully saturated rings. The van der Waals surface area contributed by atoms with E-state index in [1.54, 1.807) is 7.11 Å². The molecule has 47 valence electrons. The Morgan fingerprint density at radius 1 is 1.88 bits per heavy atom. The van der Waals surface area contributed by atoms with Crippen LogP contribution in [0.1, 0.15) is 0 Å². The van der Waals surface area contributed by atoms with E-state index in [1.807, 2.05) is 0 Å². The van der Waals surface area contributed by atoms with E-state index in [2.05, 4.69) is 10.1 Å². The van der Waals surface area contributed by atoms with Crippen molar-refractivity contribution in [1.82, 2.24) is 5.32 Å². The molecule has 3 N–H and O–H groups in total. The van der Waals surface area contributed by atoms with E-state index >= 15 is 0 Å². The zero-order valence-corrected chi connectivity index (χ0v) is 4.85. The number of nitrogens with one attached hydrogen (secondary N) is 1. The molecule has 0 aromatic carbocycles. The summed E-state index contributed by atoms with van der Waals surface area (Å²) in [5, 5.41) is 10.2. The third kappa shape index (κ3) is 5.23. The molecule has 0 rings (SSSR count). The molecule has 0 bridgehead atoms. The number of hydrogen-bond acceptors (Lipinski definition) is 2. The van der Waals surface area contributed by atoms with Crippen molar-refractivity contribution in [3.63, 3.8) is 0 Å². The van der Waals surface area contributed by atoms with Gasteiger partial charge in [0.2, 0.25) is 5.96 Å². The van der Waals surface area contributed by atoms with Gasteiger partial charge in [0.25, 0.3) is 0 Å². The summed E-state index contributed by atoms with van der Waals surface area (Å²) >= 11 is 0. The fourth-order valence-corrected chi connectivity index (χ4v) is 0.257. The number of nitrogens with zero attached hydrogens (tertiary/aromatic N) is 1.